The van der Waals surface area contributed by atoms with Gasteiger partial charge in [0.05, 0.1) is 10.6 Å². The van der Waals surface area contributed by atoms with Crippen LogP contribution in [0.1, 0.15) is 18.4 Å². The lowest BCUT2D eigenvalue weighted by atomic mass is 10.1. The average Bonchev–Trinajstić information content (AvgIpc) is 2.77. The van der Waals surface area contributed by atoms with Gasteiger partial charge >= 0.3 is 0 Å². The molecular formula is C9H8ClFO2. The quantitative estimate of drug-likeness (QED) is 0.733. The first-order chi connectivity index (χ1) is 6.03. The zero-order valence-electron chi connectivity index (χ0n) is 6.72. The number of benzene rings is 1. The fraction of sp³-hybridized carbons (Fsp3) is 0.333. The molecule has 0 bridgehead atoms. The molecule has 0 heterocycles. The van der Waals surface area contributed by atoms with Gasteiger partial charge in [0.2, 0.25) is 0 Å². The Morgan fingerprint density at radius 3 is 2.54 bits per heavy atom. The normalized spacial score (nSPS) is 18.7. The van der Waals surface area contributed by atoms with Crippen molar-refractivity contribution in [3.8, 4) is 5.75 Å². The number of phenols is 1. The van der Waals surface area contributed by atoms with E-state index in [1.165, 1.54) is 6.07 Å². The van der Waals surface area contributed by atoms with Crippen LogP contribution in [0.15, 0.2) is 12.1 Å². The van der Waals surface area contributed by atoms with Crippen LogP contribution in [0.3, 0.4) is 0 Å². The van der Waals surface area contributed by atoms with Crippen LogP contribution in [0, 0.1) is 5.82 Å². The number of aromatic hydroxyl groups is 1. The van der Waals surface area contributed by atoms with Gasteiger partial charge in [-0.05, 0) is 18.9 Å². The zero-order chi connectivity index (χ0) is 9.64. The molecule has 1 aliphatic rings. The zero-order valence-corrected chi connectivity index (χ0v) is 7.48. The summed E-state index contributed by atoms with van der Waals surface area (Å²) in [4.78, 5) is 0. The fourth-order valence-electron chi connectivity index (χ4n) is 1.30. The smallest absolute Gasteiger partial charge is 0.145 e. The Morgan fingerprint density at radius 2 is 2.00 bits per heavy atom. The van der Waals surface area contributed by atoms with E-state index in [0.717, 1.165) is 6.07 Å². The van der Waals surface area contributed by atoms with Crippen LogP contribution in [0.5, 0.6) is 5.75 Å². The third kappa shape index (κ3) is 1.38. The van der Waals surface area contributed by atoms with E-state index in [-0.39, 0.29) is 10.8 Å². The molecule has 1 aromatic carbocycles. The molecule has 0 radical (unpaired) electrons. The number of rotatable bonds is 1. The molecule has 0 aromatic heterocycles. The second kappa shape index (κ2) is 2.59. The Kier molecular flexibility index (Phi) is 1.75. The summed E-state index contributed by atoms with van der Waals surface area (Å²) in [5.41, 5.74) is -0.666. The molecule has 1 saturated carbocycles. The van der Waals surface area contributed by atoms with Gasteiger partial charge in [0, 0.05) is 11.6 Å². The van der Waals surface area contributed by atoms with Crippen LogP contribution in [-0.2, 0) is 5.60 Å². The van der Waals surface area contributed by atoms with Crippen LogP contribution in [0.4, 0.5) is 4.39 Å². The summed E-state index contributed by atoms with van der Waals surface area (Å²) >= 11 is 5.52. The van der Waals surface area contributed by atoms with Crippen molar-refractivity contribution in [2.24, 2.45) is 0 Å². The van der Waals surface area contributed by atoms with Gasteiger partial charge in [-0.15, -0.1) is 0 Å². The van der Waals surface area contributed by atoms with E-state index in [2.05, 4.69) is 0 Å². The Morgan fingerprint density at radius 1 is 1.38 bits per heavy atom. The van der Waals surface area contributed by atoms with Crippen molar-refractivity contribution in [3.05, 3.63) is 28.5 Å². The molecule has 1 fully saturated rings. The van der Waals surface area contributed by atoms with Gasteiger partial charge in [0.1, 0.15) is 11.6 Å². The minimum absolute atomic E-state index is 0.0758. The first-order valence-corrected chi connectivity index (χ1v) is 4.31. The van der Waals surface area contributed by atoms with Crippen molar-refractivity contribution in [3.63, 3.8) is 0 Å². The highest BCUT2D eigenvalue weighted by atomic mass is 35.5. The van der Waals surface area contributed by atoms with Gasteiger partial charge in [0.15, 0.2) is 0 Å². The van der Waals surface area contributed by atoms with Crippen LogP contribution in [-0.4, -0.2) is 10.2 Å². The first-order valence-electron chi connectivity index (χ1n) is 3.94. The van der Waals surface area contributed by atoms with E-state index in [1.807, 2.05) is 0 Å². The van der Waals surface area contributed by atoms with E-state index < -0.39 is 11.4 Å². The molecule has 0 spiro atoms. The molecule has 0 aliphatic heterocycles. The summed E-state index contributed by atoms with van der Waals surface area (Å²) in [6, 6.07) is 2.20. The molecule has 0 atom stereocenters. The maximum atomic E-state index is 12.8. The van der Waals surface area contributed by atoms with Gasteiger partial charge in [-0.2, -0.15) is 0 Å². The number of hydrogen-bond donors (Lipinski definition) is 2. The van der Waals surface area contributed by atoms with Crippen molar-refractivity contribution in [1.82, 2.24) is 0 Å². The topological polar surface area (TPSA) is 40.5 Å². The molecule has 2 rings (SSSR count). The van der Waals surface area contributed by atoms with E-state index in [4.69, 9.17) is 11.6 Å². The highest BCUT2D eigenvalue weighted by Gasteiger charge is 2.44. The Balaban J connectivity index is 2.52. The van der Waals surface area contributed by atoms with Crippen LogP contribution in [0.25, 0.3) is 0 Å². The maximum Gasteiger partial charge on any atom is 0.145 e. The Labute approximate surface area is 79.6 Å². The van der Waals surface area contributed by atoms with Crippen LogP contribution in [0.2, 0.25) is 5.02 Å². The van der Waals surface area contributed by atoms with Gasteiger partial charge in [-0.3, -0.25) is 0 Å². The summed E-state index contributed by atoms with van der Waals surface area (Å²) < 4.78 is 12.8. The van der Waals surface area contributed by atoms with Gasteiger partial charge in [-0.1, -0.05) is 11.6 Å². The fourth-order valence-corrected chi connectivity index (χ4v) is 1.46. The lowest BCUT2D eigenvalue weighted by molar-refractivity contribution is 0.147. The molecule has 1 aliphatic carbocycles. The van der Waals surface area contributed by atoms with Gasteiger partial charge in [-0.25, -0.2) is 4.39 Å². The van der Waals surface area contributed by atoms with E-state index in [0.29, 0.717) is 18.4 Å². The molecule has 4 heteroatoms. The van der Waals surface area contributed by atoms with E-state index >= 15 is 0 Å². The Bertz CT molecular complexity index is 361. The molecule has 2 nitrogen and oxygen atoms in total. The van der Waals surface area contributed by atoms with Crippen molar-refractivity contribution in [1.29, 1.82) is 0 Å². The highest BCUT2D eigenvalue weighted by Crippen LogP contribution is 2.49. The van der Waals surface area contributed by atoms with Crippen LogP contribution >= 0.6 is 11.6 Å². The molecule has 70 valence electrons. The highest BCUT2D eigenvalue weighted by molar-refractivity contribution is 6.30. The molecule has 13 heavy (non-hydrogen) atoms. The molecular weight excluding hydrogens is 195 g/mol. The minimum Gasteiger partial charge on any atom is -0.507 e. The first kappa shape index (κ1) is 8.78. The SMILES string of the molecule is Oc1cc(F)c(Cl)cc1C1(O)CC1. The third-order valence-corrected chi connectivity index (χ3v) is 2.55. The van der Waals surface area contributed by atoms with Crippen molar-refractivity contribution in [2.75, 3.05) is 0 Å². The second-order valence-electron chi connectivity index (χ2n) is 3.32. The largest absolute Gasteiger partial charge is 0.507 e. The summed E-state index contributed by atoms with van der Waals surface area (Å²) in [5, 5.41) is 18.9. The number of hydrogen-bond acceptors (Lipinski definition) is 2. The second-order valence-corrected chi connectivity index (χ2v) is 3.72. The van der Waals surface area contributed by atoms with E-state index in [1.54, 1.807) is 0 Å². The summed E-state index contributed by atoms with van der Waals surface area (Å²) in [6.07, 6.45) is 1.17. The monoisotopic (exact) mass is 202 g/mol. The average molecular weight is 203 g/mol. The summed E-state index contributed by atoms with van der Waals surface area (Å²) in [5.74, 6) is -0.908. The van der Waals surface area contributed by atoms with E-state index in [9.17, 15) is 14.6 Å². The third-order valence-electron chi connectivity index (χ3n) is 2.26. The molecule has 0 amide bonds. The number of aliphatic hydroxyl groups is 1. The van der Waals surface area contributed by atoms with Crippen molar-refractivity contribution >= 4 is 11.6 Å². The lowest BCUT2D eigenvalue weighted by Gasteiger charge is -2.10. The Hall–Kier alpha value is -0.800. The summed E-state index contributed by atoms with van der Waals surface area (Å²) in [7, 11) is 0. The van der Waals surface area contributed by atoms with Crippen molar-refractivity contribution in [2.45, 2.75) is 18.4 Å². The molecule has 0 saturated heterocycles. The van der Waals surface area contributed by atoms with Crippen LogP contribution < -0.4 is 0 Å². The molecule has 2 N–H and O–H groups in total. The standard InChI is InChI=1S/C9H8ClFO2/c10-6-3-5(9(13)1-2-9)8(12)4-7(6)11/h3-4,12-13H,1-2H2. The maximum absolute atomic E-state index is 12.8. The number of phenolic OH excluding ortho intramolecular Hbond substituents is 1. The van der Waals surface area contributed by atoms with Gasteiger partial charge < -0.3 is 10.2 Å². The summed E-state index contributed by atoms with van der Waals surface area (Å²) in [6.45, 7) is 0. The molecule has 0 unspecified atom stereocenters. The lowest BCUT2D eigenvalue weighted by Crippen LogP contribution is -2.04. The van der Waals surface area contributed by atoms with Gasteiger partial charge in [0.25, 0.3) is 0 Å². The number of halogens is 2. The minimum atomic E-state index is -0.985. The molecule has 1 aromatic rings. The predicted molar refractivity (Wildman–Crippen MR) is 46.2 cm³/mol. The predicted octanol–water partition coefficient (Wildman–Crippen LogP) is 2.17. The van der Waals surface area contributed by atoms with Crippen molar-refractivity contribution < 1.29 is 14.6 Å².